The molecule has 0 saturated carbocycles. The molecule has 106 valence electrons. The maximum Gasteiger partial charge on any atom is 0.168 e. The molecule has 0 saturated heterocycles. The maximum absolute atomic E-state index is 14.1. The van der Waals surface area contributed by atoms with Gasteiger partial charge in [0.25, 0.3) is 0 Å². The second kappa shape index (κ2) is 6.53. The molecule has 20 heavy (non-hydrogen) atoms. The summed E-state index contributed by atoms with van der Waals surface area (Å²) in [6.45, 7) is 2.07. The van der Waals surface area contributed by atoms with Gasteiger partial charge in [0.05, 0.1) is 7.11 Å². The van der Waals surface area contributed by atoms with Crippen molar-refractivity contribution in [3.63, 3.8) is 0 Å². The zero-order valence-electron chi connectivity index (χ0n) is 11.8. The second-order valence-corrected chi connectivity index (χ2v) is 5.00. The molecule has 2 aromatic carbocycles. The fourth-order valence-electron chi connectivity index (χ4n) is 2.31. The molecule has 0 aromatic heterocycles. The third-order valence-corrected chi connectivity index (χ3v) is 3.69. The summed E-state index contributed by atoms with van der Waals surface area (Å²) < 4.78 is 19.1. The van der Waals surface area contributed by atoms with E-state index in [1.54, 1.807) is 18.2 Å². The molecular weight excluding hydrogens is 253 g/mol. The van der Waals surface area contributed by atoms with Gasteiger partial charge in [0.2, 0.25) is 0 Å². The first-order valence-electron chi connectivity index (χ1n) is 6.75. The summed E-state index contributed by atoms with van der Waals surface area (Å²) in [5.41, 5.74) is 8.00. The lowest BCUT2D eigenvalue weighted by molar-refractivity contribution is 0.383. The summed E-state index contributed by atoms with van der Waals surface area (Å²) in [5.74, 6) is 0.120. The standard InChI is InChI=1S/C17H20FNO/c1-12(13-7-4-3-5-8-13)15(19)11-14-9-6-10-16(20-2)17(14)18/h3-10,12,15H,11,19H2,1-2H3. The summed E-state index contributed by atoms with van der Waals surface area (Å²) in [6.07, 6.45) is 0.485. The highest BCUT2D eigenvalue weighted by Crippen LogP contribution is 2.24. The highest BCUT2D eigenvalue weighted by Gasteiger charge is 2.18. The predicted molar refractivity (Wildman–Crippen MR) is 79.5 cm³/mol. The maximum atomic E-state index is 14.1. The quantitative estimate of drug-likeness (QED) is 0.904. The van der Waals surface area contributed by atoms with Crippen molar-refractivity contribution in [3.05, 3.63) is 65.5 Å². The van der Waals surface area contributed by atoms with Crippen LogP contribution in [-0.2, 0) is 6.42 Å². The molecule has 0 aliphatic carbocycles. The molecule has 0 radical (unpaired) electrons. The summed E-state index contributed by atoms with van der Waals surface area (Å²) in [4.78, 5) is 0. The Hall–Kier alpha value is -1.87. The Morgan fingerprint density at radius 2 is 1.80 bits per heavy atom. The predicted octanol–water partition coefficient (Wildman–Crippen LogP) is 3.51. The van der Waals surface area contributed by atoms with Gasteiger partial charge < -0.3 is 10.5 Å². The van der Waals surface area contributed by atoms with E-state index in [-0.39, 0.29) is 23.5 Å². The Kier molecular flexibility index (Phi) is 4.74. The van der Waals surface area contributed by atoms with Crippen LogP contribution in [0.4, 0.5) is 4.39 Å². The molecule has 2 rings (SSSR count). The van der Waals surface area contributed by atoms with E-state index in [1.807, 2.05) is 30.3 Å². The molecule has 3 heteroatoms. The number of hydrogen-bond acceptors (Lipinski definition) is 2. The topological polar surface area (TPSA) is 35.2 Å². The molecule has 2 N–H and O–H groups in total. The normalized spacial score (nSPS) is 13.8. The Bertz CT molecular complexity index is 556. The average Bonchev–Trinajstić information content (AvgIpc) is 2.49. The van der Waals surface area contributed by atoms with Gasteiger partial charge in [-0.2, -0.15) is 0 Å². The first kappa shape index (κ1) is 14.5. The second-order valence-electron chi connectivity index (χ2n) is 5.00. The largest absolute Gasteiger partial charge is 0.494 e. The van der Waals surface area contributed by atoms with Gasteiger partial charge >= 0.3 is 0 Å². The van der Waals surface area contributed by atoms with Crippen LogP contribution >= 0.6 is 0 Å². The van der Waals surface area contributed by atoms with Crippen LogP contribution in [0, 0.1) is 5.82 Å². The van der Waals surface area contributed by atoms with Crippen LogP contribution in [0.25, 0.3) is 0 Å². The van der Waals surface area contributed by atoms with E-state index in [2.05, 4.69) is 6.92 Å². The summed E-state index contributed by atoms with van der Waals surface area (Å²) in [7, 11) is 1.47. The number of halogens is 1. The Morgan fingerprint density at radius 3 is 2.45 bits per heavy atom. The van der Waals surface area contributed by atoms with E-state index in [1.165, 1.54) is 12.7 Å². The lowest BCUT2D eigenvalue weighted by Gasteiger charge is -2.21. The van der Waals surface area contributed by atoms with E-state index in [0.29, 0.717) is 12.0 Å². The minimum Gasteiger partial charge on any atom is -0.494 e. The van der Waals surface area contributed by atoms with Crippen molar-refractivity contribution in [2.45, 2.75) is 25.3 Å². The van der Waals surface area contributed by atoms with Crippen molar-refractivity contribution < 1.29 is 9.13 Å². The number of benzene rings is 2. The number of rotatable bonds is 5. The van der Waals surface area contributed by atoms with Gasteiger partial charge in [0.15, 0.2) is 11.6 Å². The zero-order valence-corrected chi connectivity index (χ0v) is 11.8. The monoisotopic (exact) mass is 273 g/mol. The first-order chi connectivity index (χ1) is 9.63. The molecule has 0 spiro atoms. The summed E-state index contributed by atoms with van der Waals surface area (Å²) >= 11 is 0. The van der Waals surface area contributed by atoms with Crippen molar-refractivity contribution in [2.24, 2.45) is 5.73 Å². The lowest BCUT2D eigenvalue weighted by atomic mass is 9.89. The Balaban J connectivity index is 2.14. The number of nitrogens with two attached hydrogens (primary N) is 1. The van der Waals surface area contributed by atoms with Crippen LogP contribution in [0.3, 0.4) is 0 Å². The third kappa shape index (κ3) is 3.17. The van der Waals surface area contributed by atoms with Crippen LogP contribution in [0.5, 0.6) is 5.75 Å². The number of hydrogen-bond donors (Lipinski definition) is 1. The molecule has 2 aromatic rings. The van der Waals surface area contributed by atoms with Crippen molar-refractivity contribution in [3.8, 4) is 5.75 Å². The SMILES string of the molecule is COc1cccc(CC(N)C(C)c2ccccc2)c1F. The molecule has 0 aliphatic heterocycles. The Labute approximate surface area is 119 Å². The van der Waals surface area contributed by atoms with Crippen LogP contribution in [0.2, 0.25) is 0 Å². The zero-order chi connectivity index (χ0) is 14.5. The van der Waals surface area contributed by atoms with Crippen molar-refractivity contribution in [1.29, 1.82) is 0 Å². The fourth-order valence-corrected chi connectivity index (χ4v) is 2.31. The van der Waals surface area contributed by atoms with Crippen molar-refractivity contribution in [2.75, 3.05) is 7.11 Å². The average molecular weight is 273 g/mol. The van der Waals surface area contributed by atoms with E-state index in [9.17, 15) is 4.39 Å². The molecule has 2 atom stereocenters. The fraction of sp³-hybridized carbons (Fsp3) is 0.294. The van der Waals surface area contributed by atoms with Crippen molar-refractivity contribution >= 4 is 0 Å². The molecule has 2 unspecified atom stereocenters. The lowest BCUT2D eigenvalue weighted by Crippen LogP contribution is -2.29. The van der Waals surface area contributed by atoms with Gasteiger partial charge in [0.1, 0.15) is 0 Å². The minimum atomic E-state index is -0.314. The van der Waals surface area contributed by atoms with Gasteiger partial charge in [-0.1, -0.05) is 49.4 Å². The van der Waals surface area contributed by atoms with Crippen LogP contribution in [-0.4, -0.2) is 13.2 Å². The van der Waals surface area contributed by atoms with Gasteiger partial charge in [-0.25, -0.2) is 4.39 Å². The van der Waals surface area contributed by atoms with Crippen molar-refractivity contribution in [1.82, 2.24) is 0 Å². The Morgan fingerprint density at radius 1 is 1.10 bits per heavy atom. The molecular formula is C17H20FNO. The van der Waals surface area contributed by atoms with Crippen LogP contribution in [0.15, 0.2) is 48.5 Å². The summed E-state index contributed by atoms with van der Waals surface area (Å²) in [5, 5.41) is 0. The van der Waals surface area contributed by atoms with E-state index in [4.69, 9.17) is 10.5 Å². The summed E-state index contributed by atoms with van der Waals surface area (Å²) in [6, 6.07) is 15.1. The molecule has 0 fully saturated rings. The molecule has 0 aliphatic rings. The van der Waals surface area contributed by atoms with Crippen LogP contribution in [0.1, 0.15) is 24.0 Å². The van der Waals surface area contributed by atoms with Gasteiger partial charge in [-0.3, -0.25) is 0 Å². The smallest absolute Gasteiger partial charge is 0.168 e. The first-order valence-corrected chi connectivity index (χ1v) is 6.75. The highest BCUT2D eigenvalue weighted by molar-refractivity contribution is 5.32. The highest BCUT2D eigenvalue weighted by atomic mass is 19.1. The van der Waals surface area contributed by atoms with E-state index in [0.717, 1.165) is 0 Å². The van der Waals surface area contributed by atoms with Gasteiger partial charge in [0, 0.05) is 6.04 Å². The molecule has 0 heterocycles. The number of methoxy groups -OCH3 is 1. The van der Waals surface area contributed by atoms with Gasteiger partial charge in [-0.05, 0) is 29.5 Å². The van der Waals surface area contributed by atoms with E-state index < -0.39 is 0 Å². The molecule has 0 bridgehead atoms. The number of ether oxygens (including phenoxy) is 1. The third-order valence-electron chi connectivity index (χ3n) is 3.69. The minimum absolute atomic E-state index is 0.140. The van der Waals surface area contributed by atoms with Crippen LogP contribution < -0.4 is 10.5 Å². The molecule has 0 amide bonds. The van der Waals surface area contributed by atoms with Gasteiger partial charge in [-0.15, -0.1) is 0 Å². The van der Waals surface area contributed by atoms with E-state index >= 15 is 0 Å². The molecule has 2 nitrogen and oxygen atoms in total.